The number of nitrogens with zero attached hydrogens (tertiary/aromatic N) is 2. The first-order valence-corrected chi connectivity index (χ1v) is 6.60. The summed E-state index contributed by atoms with van der Waals surface area (Å²) in [6.07, 6.45) is 4.26. The molecule has 0 atom stereocenters. The maximum atomic E-state index is 12.0. The largest absolute Gasteiger partial charge is 0.493 e. The maximum Gasteiger partial charge on any atom is 0.275 e. The average Bonchev–Trinajstić information content (AvgIpc) is 2.44. The van der Waals surface area contributed by atoms with E-state index in [0.29, 0.717) is 20.9 Å². The molecule has 0 aliphatic carbocycles. The van der Waals surface area contributed by atoms with E-state index in [4.69, 9.17) is 22.1 Å². The quantitative estimate of drug-likeness (QED) is 0.824. The Kier molecular flexibility index (Phi) is 4.41. The van der Waals surface area contributed by atoms with Gasteiger partial charge in [-0.2, -0.15) is 0 Å². The van der Waals surface area contributed by atoms with Crippen molar-refractivity contribution in [1.29, 1.82) is 0 Å². The highest BCUT2D eigenvalue weighted by atomic mass is 79.9. The Hall–Kier alpha value is -1.86. The highest BCUT2D eigenvalue weighted by Crippen LogP contribution is 2.41. The first-order valence-electron chi connectivity index (χ1n) is 5.43. The van der Waals surface area contributed by atoms with Gasteiger partial charge in [0.25, 0.3) is 5.91 Å². The molecule has 0 unspecified atom stereocenters. The van der Waals surface area contributed by atoms with Crippen molar-refractivity contribution in [3.05, 3.63) is 39.8 Å². The summed E-state index contributed by atoms with van der Waals surface area (Å²) >= 11 is 9.28. The second kappa shape index (κ2) is 6.06. The topological polar surface area (TPSA) is 90.1 Å². The van der Waals surface area contributed by atoms with Crippen LogP contribution in [0.5, 0.6) is 5.75 Å². The second-order valence-electron chi connectivity index (χ2n) is 3.71. The zero-order valence-corrected chi connectivity index (χ0v) is 12.7. The normalized spacial score (nSPS) is 10.2. The Labute approximate surface area is 128 Å². The van der Waals surface area contributed by atoms with Crippen molar-refractivity contribution in [3.63, 3.8) is 0 Å². The molecule has 20 heavy (non-hydrogen) atoms. The van der Waals surface area contributed by atoms with Gasteiger partial charge in [-0.15, -0.1) is 0 Å². The number of methoxy groups -OCH3 is 1. The fourth-order valence-corrected chi connectivity index (χ4v) is 2.51. The van der Waals surface area contributed by atoms with Gasteiger partial charge in [-0.1, -0.05) is 11.6 Å². The van der Waals surface area contributed by atoms with Crippen LogP contribution in [0.4, 0.5) is 11.4 Å². The second-order valence-corrected chi connectivity index (χ2v) is 4.97. The van der Waals surface area contributed by atoms with Crippen molar-refractivity contribution in [3.8, 4) is 5.75 Å². The lowest BCUT2D eigenvalue weighted by molar-refractivity contribution is 0.102. The Morgan fingerprint density at radius 2 is 2.25 bits per heavy atom. The van der Waals surface area contributed by atoms with Gasteiger partial charge in [-0.05, 0) is 22.0 Å². The van der Waals surface area contributed by atoms with Crippen LogP contribution in [-0.2, 0) is 0 Å². The van der Waals surface area contributed by atoms with Crippen LogP contribution in [0.15, 0.2) is 29.1 Å². The molecule has 1 aromatic heterocycles. The lowest BCUT2D eigenvalue weighted by atomic mass is 10.2. The SMILES string of the molecule is COc1c(Cl)cc(Br)c(NC(=O)c2cnccn2)c1N. The smallest absolute Gasteiger partial charge is 0.275 e. The van der Waals surface area contributed by atoms with Crippen molar-refractivity contribution in [2.24, 2.45) is 0 Å². The van der Waals surface area contributed by atoms with Gasteiger partial charge in [0.05, 0.1) is 24.0 Å². The molecule has 0 saturated heterocycles. The number of nitrogens with one attached hydrogen (secondary N) is 1. The number of anilines is 2. The van der Waals surface area contributed by atoms with Crippen molar-refractivity contribution >= 4 is 44.8 Å². The molecule has 0 spiro atoms. The molecule has 0 radical (unpaired) electrons. The van der Waals surface area contributed by atoms with E-state index in [9.17, 15) is 4.79 Å². The fourth-order valence-electron chi connectivity index (χ4n) is 1.55. The number of aromatic nitrogens is 2. The number of ether oxygens (including phenoxy) is 1. The molecule has 0 aliphatic rings. The van der Waals surface area contributed by atoms with Gasteiger partial charge in [0, 0.05) is 16.9 Å². The van der Waals surface area contributed by atoms with Gasteiger partial charge >= 0.3 is 0 Å². The van der Waals surface area contributed by atoms with E-state index >= 15 is 0 Å². The molecule has 6 nitrogen and oxygen atoms in total. The zero-order valence-electron chi connectivity index (χ0n) is 10.4. The van der Waals surface area contributed by atoms with E-state index < -0.39 is 5.91 Å². The van der Waals surface area contributed by atoms with Gasteiger partial charge < -0.3 is 15.8 Å². The molecule has 3 N–H and O–H groups in total. The third-order valence-electron chi connectivity index (χ3n) is 2.46. The van der Waals surface area contributed by atoms with E-state index in [2.05, 4.69) is 31.2 Å². The van der Waals surface area contributed by atoms with Crippen LogP contribution in [0.25, 0.3) is 0 Å². The van der Waals surface area contributed by atoms with Gasteiger partial charge in [-0.25, -0.2) is 4.98 Å². The van der Waals surface area contributed by atoms with Gasteiger partial charge in [0.1, 0.15) is 11.4 Å². The number of benzene rings is 1. The fraction of sp³-hybridized carbons (Fsp3) is 0.0833. The summed E-state index contributed by atoms with van der Waals surface area (Å²) in [5.74, 6) is -0.140. The Morgan fingerprint density at radius 3 is 2.85 bits per heavy atom. The van der Waals surface area contributed by atoms with Crippen LogP contribution >= 0.6 is 27.5 Å². The number of hydrogen-bond acceptors (Lipinski definition) is 5. The van der Waals surface area contributed by atoms with Crippen molar-refractivity contribution in [1.82, 2.24) is 9.97 Å². The minimum atomic E-state index is -0.435. The molecule has 1 aromatic carbocycles. The van der Waals surface area contributed by atoms with E-state index in [1.165, 1.54) is 25.7 Å². The van der Waals surface area contributed by atoms with Gasteiger partial charge in [-0.3, -0.25) is 9.78 Å². The first kappa shape index (κ1) is 14.5. The lowest BCUT2D eigenvalue weighted by Gasteiger charge is -2.14. The molecule has 104 valence electrons. The van der Waals surface area contributed by atoms with E-state index in [1.807, 2.05) is 0 Å². The number of rotatable bonds is 3. The van der Waals surface area contributed by atoms with Gasteiger partial charge in [0.15, 0.2) is 5.75 Å². The third-order valence-corrected chi connectivity index (χ3v) is 3.37. The molecule has 0 bridgehead atoms. The number of carbonyl (C=O) groups is 1. The number of carbonyl (C=O) groups excluding carboxylic acids is 1. The molecule has 1 amide bonds. The van der Waals surface area contributed by atoms with E-state index in [0.717, 1.165) is 0 Å². The lowest BCUT2D eigenvalue weighted by Crippen LogP contribution is -2.15. The summed E-state index contributed by atoms with van der Waals surface area (Å²) in [6.45, 7) is 0. The molecular weight excluding hydrogens is 348 g/mol. The summed E-state index contributed by atoms with van der Waals surface area (Å²) in [6, 6.07) is 1.59. The first-order chi connectivity index (χ1) is 9.54. The minimum absolute atomic E-state index is 0.174. The molecule has 1 heterocycles. The third kappa shape index (κ3) is 2.83. The minimum Gasteiger partial charge on any atom is -0.493 e. The van der Waals surface area contributed by atoms with Crippen molar-refractivity contribution in [2.75, 3.05) is 18.2 Å². The zero-order chi connectivity index (χ0) is 14.7. The molecule has 0 aliphatic heterocycles. The molecule has 0 saturated carbocycles. The predicted octanol–water partition coefficient (Wildman–Crippen LogP) is 2.74. The summed E-state index contributed by atoms with van der Waals surface area (Å²) in [5.41, 5.74) is 6.69. The standard InChI is InChI=1S/C12H10BrClN4O2/c1-20-11-7(14)4-6(13)10(9(11)15)18-12(19)8-5-16-2-3-17-8/h2-5H,15H2,1H3,(H,18,19). The van der Waals surface area contributed by atoms with Crippen LogP contribution in [0, 0.1) is 0 Å². The van der Waals surface area contributed by atoms with Crippen molar-refractivity contribution in [2.45, 2.75) is 0 Å². The van der Waals surface area contributed by atoms with Crippen LogP contribution < -0.4 is 15.8 Å². The highest BCUT2D eigenvalue weighted by molar-refractivity contribution is 9.10. The molecule has 8 heteroatoms. The predicted molar refractivity (Wildman–Crippen MR) is 80.1 cm³/mol. The average molecular weight is 358 g/mol. The summed E-state index contributed by atoms with van der Waals surface area (Å²) in [5, 5.41) is 2.99. The monoisotopic (exact) mass is 356 g/mol. The van der Waals surface area contributed by atoms with Crippen LogP contribution in [0.3, 0.4) is 0 Å². The summed E-state index contributed by atoms with van der Waals surface area (Å²) in [4.78, 5) is 19.8. The number of hydrogen-bond donors (Lipinski definition) is 2. The van der Waals surface area contributed by atoms with E-state index in [1.54, 1.807) is 6.07 Å². The Bertz CT molecular complexity index is 652. The van der Waals surface area contributed by atoms with Crippen LogP contribution in [-0.4, -0.2) is 23.0 Å². The number of amides is 1. The molecule has 2 rings (SSSR count). The summed E-state index contributed by atoms with van der Waals surface area (Å²) in [7, 11) is 1.44. The van der Waals surface area contributed by atoms with Crippen molar-refractivity contribution < 1.29 is 9.53 Å². The van der Waals surface area contributed by atoms with Crippen LogP contribution in [0.2, 0.25) is 5.02 Å². The molecular formula is C12H10BrClN4O2. The Morgan fingerprint density at radius 1 is 1.50 bits per heavy atom. The highest BCUT2D eigenvalue weighted by Gasteiger charge is 2.17. The number of halogens is 2. The van der Waals surface area contributed by atoms with Crippen LogP contribution in [0.1, 0.15) is 10.5 Å². The molecule has 2 aromatic rings. The Balaban J connectivity index is 2.37. The number of nitrogens with two attached hydrogens (primary N) is 1. The maximum absolute atomic E-state index is 12.0. The number of nitrogen functional groups attached to an aromatic ring is 1. The summed E-state index contributed by atoms with van der Waals surface area (Å²) < 4.78 is 5.64. The van der Waals surface area contributed by atoms with E-state index in [-0.39, 0.29) is 11.4 Å². The van der Waals surface area contributed by atoms with Gasteiger partial charge in [0.2, 0.25) is 0 Å². The molecule has 0 fully saturated rings.